The van der Waals surface area contributed by atoms with Gasteiger partial charge in [0.05, 0.1) is 6.04 Å². The summed E-state index contributed by atoms with van der Waals surface area (Å²) in [5.74, 6) is 2.27. The summed E-state index contributed by atoms with van der Waals surface area (Å²) in [5.41, 5.74) is 1.77. The predicted octanol–water partition coefficient (Wildman–Crippen LogP) is 4.68. The van der Waals surface area contributed by atoms with Crippen LogP contribution in [0.4, 0.5) is 0 Å². The Balaban J connectivity index is 0.000000452. The molecule has 0 saturated heterocycles. The summed E-state index contributed by atoms with van der Waals surface area (Å²) in [6.45, 7) is 1.92. The molecule has 5 heteroatoms. The molecule has 2 aliphatic carbocycles. The van der Waals surface area contributed by atoms with Crippen molar-refractivity contribution < 1.29 is 26.0 Å². The quantitative estimate of drug-likeness (QED) is 0.730. The van der Waals surface area contributed by atoms with E-state index in [1.165, 1.54) is 25.7 Å². The number of halogens is 2. The van der Waals surface area contributed by atoms with Gasteiger partial charge in [-0.1, -0.05) is 12.1 Å². The number of nitrogens with zero attached hydrogens (tertiary/aromatic N) is 1. The van der Waals surface area contributed by atoms with Crippen LogP contribution in [-0.4, -0.2) is 17.4 Å². The van der Waals surface area contributed by atoms with Crippen molar-refractivity contribution in [3.8, 4) is 5.75 Å². The van der Waals surface area contributed by atoms with Crippen LogP contribution in [0.1, 0.15) is 36.8 Å². The molecule has 0 bridgehead atoms. The number of benzene rings is 1. The second-order valence-electron chi connectivity index (χ2n) is 5.59. The normalized spacial score (nSPS) is 27.4. The standard InChI is InChI=1S/C15H19NO.2ClH.Zr/c1-10-3-2-4-13(15(10)17)9-16-14-7-11-5-6-12(11)8-14;;;/h2-4,9,11-12,14,17H,5-8H2,1H3;2*1H;/q;;;+2/p-2. The number of rotatable bonds is 2. The zero-order chi connectivity index (χ0) is 14.5. The molecule has 1 N–H and O–H groups in total. The number of phenolic OH excluding ortho intramolecular Hbond substituents is 1. The SMILES string of the molecule is Cc1cccc(C=NC2CC3CCC3C2)c1O.[Cl][Zr][Cl]. The van der Waals surface area contributed by atoms with Gasteiger partial charge in [0, 0.05) is 11.8 Å². The Labute approximate surface area is 139 Å². The van der Waals surface area contributed by atoms with E-state index in [2.05, 4.69) is 4.99 Å². The summed E-state index contributed by atoms with van der Waals surface area (Å²) in [4.78, 5) is 4.65. The third-order valence-corrected chi connectivity index (χ3v) is 4.42. The molecule has 2 unspecified atom stereocenters. The van der Waals surface area contributed by atoms with Crippen molar-refractivity contribution in [3.63, 3.8) is 0 Å². The Morgan fingerprint density at radius 3 is 2.40 bits per heavy atom. The monoisotopic (exact) mass is 389 g/mol. The Morgan fingerprint density at radius 1 is 1.25 bits per heavy atom. The number of hydrogen-bond donors (Lipinski definition) is 1. The molecule has 1 aromatic rings. The molecule has 0 heterocycles. The van der Waals surface area contributed by atoms with Crippen molar-refractivity contribution in [2.75, 3.05) is 0 Å². The maximum absolute atomic E-state index is 9.90. The third-order valence-electron chi connectivity index (χ3n) is 4.42. The Hall–Kier alpha value is 0.153. The summed E-state index contributed by atoms with van der Waals surface area (Å²) in [6, 6.07) is 6.31. The van der Waals surface area contributed by atoms with E-state index >= 15 is 0 Å². The second kappa shape index (κ2) is 7.96. The first-order chi connectivity index (χ1) is 9.65. The molecule has 0 amide bonds. The van der Waals surface area contributed by atoms with Gasteiger partial charge in [-0.3, -0.25) is 4.99 Å². The zero-order valence-corrected chi connectivity index (χ0v) is 15.5. The van der Waals surface area contributed by atoms with Crippen LogP contribution in [0.25, 0.3) is 0 Å². The van der Waals surface area contributed by atoms with E-state index in [-0.39, 0.29) is 0 Å². The summed E-state index contributed by atoms with van der Waals surface area (Å²) in [6.07, 6.45) is 7.19. The van der Waals surface area contributed by atoms with E-state index < -0.39 is 20.8 Å². The number of fused-ring (bicyclic) bond motifs is 1. The number of phenols is 1. The van der Waals surface area contributed by atoms with E-state index in [4.69, 9.17) is 17.0 Å². The van der Waals surface area contributed by atoms with Gasteiger partial charge < -0.3 is 5.11 Å². The number of para-hydroxylation sites is 1. The van der Waals surface area contributed by atoms with Crippen LogP contribution < -0.4 is 0 Å². The average Bonchev–Trinajstić information content (AvgIpc) is 2.68. The molecule has 2 fully saturated rings. The topological polar surface area (TPSA) is 32.6 Å². The van der Waals surface area contributed by atoms with Gasteiger partial charge >= 0.3 is 37.9 Å². The third kappa shape index (κ3) is 4.09. The fourth-order valence-corrected chi connectivity index (χ4v) is 3.15. The molecule has 2 nitrogen and oxygen atoms in total. The van der Waals surface area contributed by atoms with Crippen molar-refractivity contribution in [2.45, 2.75) is 38.6 Å². The van der Waals surface area contributed by atoms with Crippen LogP contribution in [0.15, 0.2) is 23.2 Å². The van der Waals surface area contributed by atoms with Gasteiger partial charge in [0.1, 0.15) is 5.75 Å². The maximum atomic E-state index is 9.90. The van der Waals surface area contributed by atoms with Gasteiger partial charge in [-0.15, -0.1) is 0 Å². The molecule has 3 rings (SSSR count). The number of aromatic hydroxyl groups is 1. The van der Waals surface area contributed by atoms with Crippen LogP contribution in [0.2, 0.25) is 0 Å². The molecular formula is C15H19Cl2NOZr. The molecule has 0 aromatic heterocycles. The fourth-order valence-electron chi connectivity index (χ4n) is 3.15. The predicted molar refractivity (Wildman–Crippen MR) is 81.4 cm³/mol. The summed E-state index contributed by atoms with van der Waals surface area (Å²) in [5, 5.41) is 9.90. The van der Waals surface area contributed by atoms with Crippen LogP contribution in [0.3, 0.4) is 0 Å². The van der Waals surface area contributed by atoms with E-state index in [0.29, 0.717) is 11.8 Å². The van der Waals surface area contributed by atoms with Gasteiger partial charge in [0.25, 0.3) is 0 Å². The molecule has 20 heavy (non-hydrogen) atoms. The van der Waals surface area contributed by atoms with E-state index in [9.17, 15) is 5.11 Å². The van der Waals surface area contributed by atoms with Crippen LogP contribution in [-0.2, 0) is 20.8 Å². The van der Waals surface area contributed by atoms with E-state index in [1.54, 1.807) is 0 Å². The molecule has 2 atom stereocenters. The number of aliphatic imine (C=N–C) groups is 1. The van der Waals surface area contributed by atoms with Crippen molar-refractivity contribution in [1.82, 2.24) is 0 Å². The van der Waals surface area contributed by atoms with Crippen molar-refractivity contribution in [2.24, 2.45) is 16.8 Å². The minimum absolute atomic E-state index is 0.372. The fraction of sp³-hybridized carbons (Fsp3) is 0.533. The molecule has 1 aromatic carbocycles. The molecule has 0 radical (unpaired) electrons. The first-order valence-electron chi connectivity index (χ1n) is 6.93. The molecule has 2 saturated carbocycles. The summed E-state index contributed by atoms with van der Waals surface area (Å²) < 4.78 is 0. The van der Waals surface area contributed by atoms with Gasteiger partial charge in [0.2, 0.25) is 0 Å². The van der Waals surface area contributed by atoms with Gasteiger partial charge in [-0.05, 0) is 56.1 Å². The first kappa shape index (κ1) is 16.5. The van der Waals surface area contributed by atoms with Gasteiger partial charge in [-0.25, -0.2) is 0 Å². The summed E-state index contributed by atoms with van der Waals surface area (Å²) >= 11 is -0.826. The minimum atomic E-state index is -0.826. The van der Waals surface area contributed by atoms with Crippen molar-refractivity contribution in [3.05, 3.63) is 29.3 Å². The van der Waals surface area contributed by atoms with Crippen LogP contribution >= 0.6 is 17.0 Å². The Kier molecular flexibility index (Phi) is 6.58. The van der Waals surface area contributed by atoms with Crippen molar-refractivity contribution >= 4 is 23.2 Å². The van der Waals surface area contributed by atoms with Crippen molar-refractivity contribution in [1.29, 1.82) is 0 Å². The Morgan fingerprint density at radius 2 is 1.85 bits per heavy atom. The first-order valence-corrected chi connectivity index (χ1v) is 13.3. The van der Waals surface area contributed by atoms with Gasteiger partial charge in [-0.2, -0.15) is 0 Å². The molecular weight excluding hydrogens is 372 g/mol. The van der Waals surface area contributed by atoms with Crippen LogP contribution in [0.5, 0.6) is 5.75 Å². The average molecular weight is 391 g/mol. The van der Waals surface area contributed by atoms with E-state index in [1.807, 2.05) is 31.3 Å². The Bertz CT molecular complexity index is 469. The molecule has 0 spiro atoms. The zero-order valence-electron chi connectivity index (χ0n) is 11.5. The van der Waals surface area contributed by atoms with Crippen LogP contribution in [0, 0.1) is 18.8 Å². The number of hydrogen-bond acceptors (Lipinski definition) is 2. The molecule has 0 aliphatic heterocycles. The molecule has 108 valence electrons. The molecule has 2 aliphatic rings. The van der Waals surface area contributed by atoms with E-state index in [0.717, 1.165) is 23.0 Å². The second-order valence-corrected chi connectivity index (χ2v) is 9.32. The number of aryl methyl sites for hydroxylation is 1. The van der Waals surface area contributed by atoms with Gasteiger partial charge in [0.15, 0.2) is 0 Å². The summed E-state index contributed by atoms with van der Waals surface area (Å²) in [7, 11) is 9.87.